The first kappa shape index (κ1) is 12.7. The number of thiazole rings is 1. The summed E-state index contributed by atoms with van der Waals surface area (Å²) in [5.74, 6) is 0.118. The first-order valence-electron chi connectivity index (χ1n) is 5.64. The Bertz CT molecular complexity index is 522. The van der Waals surface area contributed by atoms with E-state index in [2.05, 4.69) is 9.88 Å². The number of amidine groups is 1. The maximum Gasteiger partial charge on any atom is 0.123 e. The van der Waals surface area contributed by atoms with Crippen LogP contribution in [0, 0.1) is 5.41 Å². The molecule has 5 heteroatoms. The third-order valence-electron chi connectivity index (χ3n) is 2.66. The van der Waals surface area contributed by atoms with Gasteiger partial charge in [0, 0.05) is 24.0 Å². The molecule has 0 saturated carbocycles. The fraction of sp³-hybridized carbons (Fsp3) is 0.231. The highest BCUT2D eigenvalue weighted by molar-refractivity contribution is 7.07. The van der Waals surface area contributed by atoms with E-state index >= 15 is 0 Å². The van der Waals surface area contributed by atoms with E-state index in [4.69, 9.17) is 11.1 Å². The number of nitrogens with one attached hydrogen (secondary N) is 1. The predicted octanol–water partition coefficient (Wildman–Crippen LogP) is 2.06. The lowest BCUT2D eigenvalue weighted by Crippen LogP contribution is -2.21. The molecule has 0 amide bonds. The molecule has 1 heterocycles. The first-order valence-corrected chi connectivity index (χ1v) is 6.59. The lowest BCUT2D eigenvalue weighted by Gasteiger charge is -2.17. The highest BCUT2D eigenvalue weighted by Crippen LogP contribution is 2.12. The molecule has 2 rings (SSSR count). The zero-order valence-corrected chi connectivity index (χ0v) is 11.1. The van der Waals surface area contributed by atoms with Crippen molar-refractivity contribution in [2.75, 3.05) is 7.05 Å². The molecule has 4 nitrogen and oxygen atoms in total. The van der Waals surface area contributed by atoms with Crippen molar-refractivity contribution in [1.29, 1.82) is 5.41 Å². The fourth-order valence-corrected chi connectivity index (χ4v) is 2.41. The summed E-state index contributed by atoms with van der Waals surface area (Å²) in [5, 5.41) is 9.61. The van der Waals surface area contributed by atoms with Gasteiger partial charge >= 0.3 is 0 Å². The quantitative estimate of drug-likeness (QED) is 0.639. The van der Waals surface area contributed by atoms with Crippen molar-refractivity contribution < 1.29 is 0 Å². The smallest absolute Gasteiger partial charge is 0.123 e. The number of rotatable bonds is 5. The summed E-state index contributed by atoms with van der Waals surface area (Å²) in [6.45, 7) is 1.56. The highest BCUT2D eigenvalue weighted by Gasteiger charge is 2.08. The number of nitrogens with zero attached hydrogens (tertiary/aromatic N) is 2. The molecule has 18 heavy (non-hydrogen) atoms. The summed E-state index contributed by atoms with van der Waals surface area (Å²) in [5.41, 5.74) is 10.4. The summed E-state index contributed by atoms with van der Waals surface area (Å²) in [6, 6.07) is 7.77. The van der Waals surface area contributed by atoms with Gasteiger partial charge in [-0.05, 0) is 12.6 Å². The van der Waals surface area contributed by atoms with Gasteiger partial charge in [-0.15, -0.1) is 11.3 Å². The minimum Gasteiger partial charge on any atom is -0.384 e. The molecule has 0 aliphatic rings. The van der Waals surface area contributed by atoms with Crippen LogP contribution in [0.3, 0.4) is 0 Å². The predicted molar refractivity (Wildman–Crippen MR) is 74.7 cm³/mol. The third kappa shape index (κ3) is 3.15. The van der Waals surface area contributed by atoms with Gasteiger partial charge in [-0.3, -0.25) is 10.3 Å². The zero-order chi connectivity index (χ0) is 13.0. The van der Waals surface area contributed by atoms with E-state index in [1.165, 1.54) is 0 Å². The number of nitrogens with two attached hydrogens (primary N) is 1. The Hall–Kier alpha value is -1.72. The molecule has 0 bridgehead atoms. The Kier molecular flexibility index (Phi) is 4.07. The van der Waals surface area contributed by atoms with Crippen LogP contribution in [0.5, 0.6) is 0 Å². The molecule has 0 radical (unpaired) electrons. The summed E-state index contributed by atoms with van der Waals surface area (Å²) >= 11 is 1.60. The normalized spacial score (nSPS) is 10.8. The lowest BCUT2D eigenvalue weighted by atomic mass is 10.1. The molecular formula is C13H16N4S. The van der Waals surface area contributed by atoms with Gasteiger partial charge in [-0.1, -0.05) is 24.3 Å². The van der Waals surface area contributed by atoms with E-state index in [9.17, 15) is 0 Å². The summed E-state index contributed by atoms with van der Waals surface area (Å²) in [4.78, 5) is 6.43. The molecular weight excluding hydrogens is 244 g/mol. The third-order valence-corrected chi connectivity index (χ3v) is 3.30. The fourth-order valence-electron chi connectivity index (χ4n) is 1.86. The second-order valence-corrected chi connectivity index (χ2v) is 4.94. The standard InChI is InChI=1S/C13H16N4S/c1-17(7-11-8-18-9-16-11)6-10-4-2-3-5-12(10)13(14)15/h2-5,8-9H,6-7H2,1H3,(H3,14,15). The lowest BCUT2D eigenvalue weighted by molar-refractivity contribution is 0.315. The monoisotopic (exact) mass is 260 g/mol. The molecule has 3 N–H and O–H groups in total. The summed E-state index contributed by atoms with van der Waals surface area (Å²) in [7, 11) is 2.04. The SMILES string of the molecule is CN(Cc1cscn1)Cc1ccccc1C(=N)N. The van der Waals surface area contributed by atoms with Crippen molar-refractivity contribution in [2.45, 2.75) is 13.1 Å². The van der Waals surface area contributed by atoms with Gasteiger partial charge in [0.05, 0.1) is 11.2 Å². The molecule has 0 unspecified atom stereocenters. The van der Waals surface area contributed by atoms with Gasteiger partial charge in [0.1, 0.15) is 5.84 Å². The van der Waals surface area contributed by atoms with Gasteiger partial charge in [0.2, 0.25) is 0 Å². The molecule has 1 aromatic carbocycles. The van der Waals surface area contributed by atoms with Crippen molar-refractivity contribution in [3.63, 3.8) is 0 Å². The van der Waals surface area contributed by atoms with Gasteiger partial charge in [0.15, 0.2) is 0 Å². The minimum absolute atomic E-state index is 0.118. The second kappa shape index (κ2) is 5.75. The van der Waals surface area contributed by atoms with Gasteiger partial charge in [-0.2, -0.15) is 0 Å². The van der Waals surface area contributed by atoms with Gasteiger partial charge in [0.25, 0.3) is 0 Å². The number of hydrogen-bond donors (Lipinski definition) is 2. The van der Waals surface area contributed by atoms with Crippen LogP contribution in [0.25, 0.3) is 0 Å². The largest absolute Gasteiger partial charge is 0.384 e. The molecule has 0 aliphatic carbocycles. The highest BCUT2D eigenvalue weighted by atomic mass is 32.1. The minimum atomic E-state index is 0.118. The average molecular weight is 260 g/mol. The van der Waals surface area contributed by atoms with E-state index in [0.29, 0.717) is 0 Å². The molecule has 2 aromatic rings. The van der Waals surface area contributed by atoms with Crippen molar-refractivity contribution in [3.8, 4) is 0 Å². The first-order chi connectivity index (χ1) is 8.66. The van der Waals surface area contributed by atoms with E-state index < -0.39 is 0 Å². The zero-order valence-electron chi connectivity index (χ0n) is 10.3. The molecule has 0 spiro atoms. The number of hydrogen-bond acceptors (Lipinski definition) is 4. The average Bonchev–Trinajstić information content (AvgIpc) is 2.82. The maximum absolute atomic E-state index is 7.57. The van der Waals surface area contributed by atoms with Crippen molar-refractivity contribution in [3.05, 3.63) is 52.0 Å². The molecule has 0 fully saturated rings. The van der Waals surface area contributed by atoms with Crippen LogP contribution in [-0.4, -0.2) is 22.8 Å². The Labute approximate surface area is 111 Å². The van der Waals surface area contributed by atoms with E-state index in [1.807, 2.05) is 42.2 Å². The Morgan fingerprint density at radius 3 is 2.83 bits per heavy atom. The van der Waals surface area contributed by atoms with Crippen LogP contribution in [0.2, 0.25) is 0 Å². The van der Waals surface area contributed by atoms with E-state index in [0.717, 1.165) is 29.9 Å². The van der Waals surface area contributed by atoms with Crippen LogP contribution < -0.4 is 5.73 Å². The maximum atomic E-state index is 7.57. The number of aromatic nitrogens is 1. The van der Waals surface area contributed by atoms with Crippen LogP contribution in [0.15, 0.2) is 35.2 Å². The van der Waals surface area contributed by atoms with Crippen molar-refractivity contribution in [2.24, 2.45) is 5.73 Å². The number of benzene rings is 1. The molecule has 1 aromatic heterocycles. The Morgan fingerprint density at radius 1 is 1.39 bits per heavy atom. The van der Waals surface area contributed by atoms with Crippen molar-refractivity contribution >= 4 is 17.2 Å². The molecule has 0 aliphatic heterocycles. The summed E-state index contributed by atoms with van der Waals surface area (Å²) in [6.07, 6.45) is 0. The Morgan fingerprint density at radius 2 is 2.17 bits per heavy atom. The van der Waals surface area contributed by atoms with Gasteiger partial charge in [-0.25, -0.2) is 4.98 Å². The summed E-state index contributed by atoms with van der Waals surface area (Å²) < 4.78 is 0. The molecule has 94 valence electrons. The number of nitrogen functional groups attached to an aromatic ring is 1. The molecule has 0 atom stereocenters. The van der Waals surface area contributed by atoms with E-state index in [-0.39, 0.29) is 5.84 Å². The van der Waals surface area contributed by atoms with E-state index in [1.54, 1.807) is 11.3 Å². The van der Waals surface area contributed by atoms with Crippen LogP contribution >= 0.6 is 11.3 Å². The van der Waals surface area contributed by atoms with Gasteiger partial charge < -0.3 is 5.73 Å². The van der Waals surface area contributed by atoms with Crippen LogP contribution in [0.1, 0.15) is 16.8 Å². The molecule has 0 saturated heterocycles. The van der Waals surface area contributed by atoms with Crippen molar-refractivity contribution in [1.82, 2.24) is 9.88 Å². The van der Waals surface area contributed by atoms with Crippen LogP contribution in [-0.2, 0) is 13.1 Å². The van der Waals surface area contributed by atoms with Crippen LogP contribution in [0.4, 0.5) is 0 Å². The Balaban J connectivity index is 2.07. The second-order valence-electron chi connectivity index (χ2n) is 4.22. The topological polar surface area (TPSA) is 66.0 Å².